The predicted molar refractivity (Wildman–Crippen MR) is 65.2 cm³/mol. The molecule has 0 aliphatic carbocycles. The summed E-state index contributed by atoms with van der Waals surface area (Å²) < 4.78 is 0. The number of anilines is 1. The molecular formula is C10H15N3O2S. The van der Waals surface area contributed by atoms with Gasteiger partial charge in [0.15, 0.2) is 0 Å². The van der Waals surface area contributed by atoms with Crippen LogP contribution >= 0.6 is 11.8 Å². The topological polar surface area (TPSA) is 75.1 Å². The highest BCUT2D eigenvalue weighted by atomic mass is 32.2. The molecule has 0 radical (unpaired) electrons. The Morgan fingerprint density at radius 2 is 2.38 bits per heavy atom. The van der Waals surface area contributed by atoms with Crippen molar-refractivity contribution in [2.45, 2.75) is 19.1 Å². The van der Waals surface area contributed by atoms with Crippen LogP contribution in [-0.4, -0.2) is 39.1 Å². The summed E-state index contributed by atoms with van der Waals surface area (Å²) >= 11 is 1.74. The lowest BCUT2D eigenvalue weighted by Gasteiger charge is -2.10. The van der Waals surface area contributed by atoms with Crippen molar-refractivity contribution >= 4 is 23.7 Å². The van der Waals surface area contributed by atoms with Gasteiger partial charge in [0.1, 0.15) is 0 Å². The van der Waals surface area contributed by atoms with Crippen molar-refractivity contribution in [3.8, 4) is 0 Å². The molecule has 0 bridgehead atoms. The Bertz CT molecular complexity index is 384. The lowest BCUT2D eigenvalue weighted by molar-refractivity contribution is 0.0695. The van der Waals surface area contributed by atoms with E-state index in [1.165, 1.54) is 6.20 Å². The second-order valence-electron chi connectivity index (χ2n) is 3.43. The second-order valence-corrected chi connectivity index (χ2v) is 4.70. The number of aromatic nitrogens is 2. The molecule has 6 heteroatoms. The number of carboxylic acids is 1. The largest absolute Gasteiger partial charge is 0.478 e. The summed E-state index contributed by atoms with van der Waals surface area (Å²) in [6, 6.07) is 0. The van der Waals surface area contributed by atoms with Gasteiger partial charge < -0.3 is 10.4 Å². The number of nitrogens with zero attached hydrogens (tertiary/aromatic N) is 2. The lowest BCUT2D eigenvalue weighted by Crippen LogP contribution is -2.15. The maximum Gasteiger partial charge on any atom is 0.339 e. The second kappa shape index (κ2) is 5.69. The van der Waals surface area contributed by atoms with Gasteiger partial charge in [0.05, 0.1) is 11.3 Å². The van der Waals surface area contributed by atoms with E-state index in [1.807, 2.05) is 6.26 Å². The maximum absolute atomic E-state index is 10.7. The van der Waals surface area contributed by atoms with Crippen molar-refractivity contribution in [3.05, 3.63) is 17.5 Å². The molecule has 88 valence electrons. The van der Waals surface area contributed by atoms with Gasteiger partial charge in [-0.1, -0.05) is 6.92 Å². The van der Waals surface area contributed by atoms with E-state index in [9.17, 15) is 4.79 Å². The molecule has 1 rings (SSSR count). The minimum absolute atomic E-state index is 0.142. The Kier molecular flexibility index (Phi) is 4.54. The molecule has 1 atom stereocenters. The first-order chi connectivity index (χ1) is 7.54. The average Bonchev–Trinajstić information content (AvgIpc) is 2.25. The summed E-state index contributed by atoms with van der Waals surface area (Å²) in [6.45, 7) is 4.51. The van der Waals surface area contributed by atoms with Gasteiger partial charge >= 0.3 is 5.97 Å². The standard InChI is InChI=1S/C10H15N3O2S/c1-6(16-3)4-11-10-12-5-8(9(14)15)7(2)13-10/h5-6H,4H2,1-3H3,(H,14,15)(H,11,12,13). The van der Waals surface area contributed by atoms with Gasteiger partial charge in [0, 0.05) is 18.0 Å². The summed E-state index contributed by atoms with van der Waals surface area (Å²) in [5.41, 5.74) is 0.616. The molecule has 0 saturated heterocycles. The molecule has 0 aromatic carbocycles. The summed E-state index contributed by atoms with van der Waals surface area (Å²) in [6.07, 6.45) is 3.36. The molecule has 1 heterocycles. The van der Waals surface area contributed by atoms with Gasteiger partial charge in [-0.2, -0.15) is 11.8 Å². The van der Waals surface area contributed by atoms with Gasteiger partial charge in [-0.15, -0.1) is 0 Å². The number of aromatic carboxylic acids is 1. The van der Waals surface area contributed by atoms with E-state index in [0.29, 0.717) is 16.9 Å². The fraction of sp³-hybridized carbons (Fsp3) is 0.500. The first-order valence-corrected chi connectivity index (χ1v) is 6.17. The van der Waals surface area contributed by atoms with Crippen molar-refractivity contribution in [1.29, 1.82) is 0 Å². The molecule has 0 aliphatic rings. The number of aryl methyl sites for hydroxylation is 1. The number of thioether (sulfide) groups is 1. The van der Waals surface area contributed by atoms with Gasteiger partial charge in [-0.25, -0.2) is 14.8 Å². The monoisotopic (exact) mass is 241 g/mol. The highest BCUT2D eigenvalue weighted by molar-refractivity contribution is 7.99. The van der Waals surface area contributed by atoms with Crippen molar-refractivity contribution in [1.82, 2.24) is 9.97 Å². The number of rotatable bonds is 5. The minimum Gasteiger partial charge on any atom is -0.478 e. The molecule has 0 aliphatic heterocycles. The molecular weight excluding hydrogens is 226 g/mol. The summed E-state index contributed by atoms with van der Waals surface area (Å²) in [5, 5.41) is 12.3. The van der Waals surface area contributed by atoms with E-state index in [0.717, 1.165) is 6.54 Å². The average molecular weight is 241 g/mol. The molecule has 0 saturated carbocycles. The smallest absolute Gasteiger partial charge is 0.339 e. The van der Waals surface area contributed by atoms with Crippen molar-refractivity contribution in [2.24, 2.45) is 0 Å². The van der Waals surface area contributed by atoms with Gasteiger partial charge in [0.25, 0.3) is 0 Å². The maximum atomic E-state index is 10.7. The van der Waals surface area contributed by atoms with Crippen molar-refractivity contribution in [2.75, 3.05) is 18.1 Å². The Morgan fingerprint density at radius 1 is 1.69 bits per heavy atom. The van der Waals surface area contributed by atoms with E-state index in [1.54, 1.807) is 18.7 Å². The van der Waals surface area contributed by atoms with Gasteiger partial charge in [-0.3, -0.25) is 0 Å². The number of carboxylic acid groups (broad SMARTS) is 1. The highest BCUT2D eigenvalue weighted by Crippen LogP contribution is 2.09. The third-order valence-corrected chi connectivity index (χ3v) is 3.13. The lowest BCUT2D eigenvalue weighted by atomic mass is 10.2. The van der Waals surface area contributed by atoms with Crippen LogP contribution in [-0.2, 0) is 0 Å². The van der Waals surface area contributed by atoms with Crippen LogP contribution in [0.1, 0.15) is 23.0 Å². The molecule has 1 aromatic rings. The third kappa shape index (κ3) is 3.37. The number of hydrogen-bond acceptors (Lipinski definition) is 5. The van der Waals surface area contributed by atoms with Gasteiger partial charge in [0.2, 0.25) is 5.95 Å². The Labute approximate surface area is 98.7 Å². The van der Waals surface area contributed by atoms with Crippen LogP contribution in [0.3, 0.4) is 0 Å². The number of nitrogens with one attached hydrogen (secondary N) is 1. The molecule has 16 heavy (non-hydrogen) atoms. The Hall–Kier alpha value is -1.30. The molecule has 2 N–H and O–H groups in total. The molecule has 0 spiro atoms. The zero-order valence-corrected chi connectivity index (χ0v) is 10.3. The van der Waals surface area contributed by atoms with Crippen LogP contribution < -0.4 is 5.32 Å². The van der Waals surface area contributed by atoms with Crippen LogP contribution in [0.2, 0.25) is 0 Å². The van der Waals surface area contributed by atoms with Crippen LogP contribution in [0.25, 0.3) is 0 Å². The minimum atomic E-state index is -0.999. The first-order valence-electron chi connectivity index (χ1n) is 4.88. The molecule has 1 unspecified atom stereocenters. The molecule has 1 aromatic heterocycles. The van der Waals surface area contributed by atoms with E-state index in [2.05, 4.69) is 22.2 Å². The quantitative estimate of drug-likeness (QED) is 0.816. The van der Waals surface area contributed by atoms with E-state index in [4.69, 9.17) is 5.11 Å². The Balaban J connectivity index is 2.70. The van der Waals surface area contributed by atoms with Crippen molar-refractivity contribution in [3.63, 3.8) is 0 Å². The first kappa shape index (κ1) is 12.8. The molecule has 5 nitrogen and oxygen atoms in total. The SMILES string of the molecule is CSC(C)CNc1ncc(C(=O)O)c(C)n1. The number of hydrogen-bond donors (Lipinski definition) is 2. The van der Waals surface area contributed by atoms with Crippen LogP contribution in [0.15, 0.2) is 6.20 Å². The third-order valence-electron chi connectivity index (χ3n) is 2.16. The summed E-state index contributed by atoms with van der Waals surface area (Å²) in [4.78, 5) is 18.8. The van der Waals surface area contributed by atoms with E-state index >= 15 is 0 Å². The normalized spacial score (nSPS) is 12.2. The van der Waals surface area contributed by atoms with Crippen LogP contribution in [0.5, 0.6) is 0 Å². The highest BCUT2D eigenvalue weighted by Gasteiger charge is 2.09. The zero-order valence-electron chi connectivity index (χ0n) is 9.52. The summed E-state index contributed by atoms with van der Waals surface area (Å²) in [7, 11) is 0. The van der Waals surface area contributed by atoms with E-state index in [-0.39, 0.29) is 5.56 Å². The Morgan fingerprint density at radius 3 is 2.88 bits per heavy atom. The van der Waals surface area contributed by atoms with Crippen LogP contribution in [0, 0.1) is 6.92 Å². The summed E-state index contributed by atoms with van der Waals surface area (Å²) in [5.74, 6) is -0.523. The predicted octanol–water partition coefficient (Wildman–Crippen LogP) is 1.65. The van der Waals surface area contributed by atoms with E-state index < -0.39 is 5.97 Å². The fourth-order valence-corrected chi connectivity index (χ4v) is 1.33. The van der Waals surface area contributed by atoms with Crippen molar-refractivity contribution < 1.29 is 9.90 Å². The van der Waals surface area contributed by atoms with Crippen LogP contribution in [0.4, 0.5) is 5.95 Å². The fourth-order valence-electron chi connectivity index (χ4n) is 1.08. The number of carbonyl (C=O) groups is 1. The van der Waals surface area contributed by atoms with Gasteiger partial charge in [-0.05, 0) is 13.2 Å². The molecule has 0 amide bonds. The molecule has 0 fully saturated rings. The zero-order chi connectivity index (χ0) is 12.1.